The lowest BCUT2D eigenvalue weighted by atomic mass is 10.0. The number of nitrogens with one attached hydrogen (secondary N) is 1. The fourth-order valence-corrected chi connectivity index (χ4v) is 1.57. The topological polar surface area (TPSA) is 56.5 Å². The van der Waals surface area contributed by atoms with E-state index < -0.39 is 0 Å². The van der Waals surface area contributed by atoms with Crippen LogP contribution in [0.4, 0.5) is 0 Å². The number of hydrogen-bond donors (Lipinski definition) is 2. The molecule has 0 saturated heterocycles. The molecule has 4 nitrogen and oxygen atoms in total. The third-order valence-electron chi connectivity index (χ3n) is 2.45. The van der Waals surface area contributed by atoms with E-state index in [1.807, 2.05) is 32.0 Å². The van der Waals surface area contributed by atoms with Crippen molar-refractivity contribution in [3.63, 3.8) is 0 Å². The summed E-state index contributed by atoms with van der Waals surface area (Å²) in [5, 5.41) is 0. The monoisotopic (exact) mass is 224 g/mol. The van der Waals surface area contributed by atoms with Crippen LogP contribution in [0.15, 0.2) is 18.2 Å². The smallest absolute Gasteiger partial charge is 0.124 e. The average Bonchev–Trinajstić information content (AvgIpc) is 2.31. The third-order valence-corrected chi connectivity index (χ3v) is 2.45. The van der Waals surface area contributed by atoms with Crippen molar-refractivity contribution in [2.24, 2.45) is 5.84 Å². The molecule has 0 bridgehead atoms. The zero-order valence-electron chi connectivity index (χ0n) is 10.1. The first-order valence-corrected chi connectivity index (χ1v) is 5.41. The fourth-order valence-electron chi connectivity index (χ4n) is 1.57. The van der Waals surface area contributed by atoms with Crippen LogP contribution in [-0.4, -0.2) is 20.3 Å². The summed E-state index contributed by atoms with van der Waals surface area (Å²) in [5.41, 5.74) is 4.92. The Kier molecular flexibility index (Phi) is 5.25. The lowest BCUT2D eigenvalue weighted by Gasteiger charge is -2.19. The molecule has 3 N–H and O–H groups in total. The molecule has 1 aromatic rings. The quantitative estimate of drug-likeness (QED) is 0.568. The van der Waals surface area contributed by atoms with E-state index in [4.69, 9.17) is 15.3 Å². The van der Waals surface area contributed by atoms with Crippen LogP contribution < -0.4 is 16.0 Å². The van der Waals surface area contributed by atoms with Crippen molar-refractivity contribution in [2.75, 3.05) is 20.3 Å². The van der Waals surface area contributed by atoms with Crippen LogP contribution in [-0.2, 0) is 4.74 Å². The Hall–Kier alpha value is -1.10. The first-order valence-electron chi connectivity index (χ1n) is 5.41. The molecule has 0 amide bonds. The lowest BCUT2D eigenvalue weighted by molar-refractivity contribution is 0.122. The maximum Gasteiger partial charge on any atom is 0.124 e. The predicted molar refractivity (Wildman–Crippen MR) is 64.3 cm³/mol. The second-order valence-corrected chi connectivity index (χ2v) is 3.62. The number of methoxy groups -OCH3 is 1. The highest BCUT2D eigenvalue weighted by Gasteiger charge is 2.14. The number of rotatable bonds is 6. The normalized spacial score (nSPS) is 12.5. The molecular formula is C12H20N2O2. The van der Waals surface area contributed by atoms with E-state index in [0.29, 0.717) is 13.2 Å². The van der Waals surface area contributed by atoms with Crippen LogP contribution in [0.5, 0.6) is 5.75 Å². The van der Waals surface area contributed by atoms with E-state index >= 15 is 0 Å². The predicted octanol–water partition coefficient (Wildman–Crippen LogP) is 1.54. The molecule has 90 valence electrons. The highest BCUT2D eigenvalue weighted by molar-refractivity contribution is 5.39. The van der Waals surface area contributed by atoms with E-state index in [1.54, 1.807) is 7.11 Å². The van der Waals surface area contributed by atoms with E-state index in [9.17, 15) is 0 Å². The zero-order valence-corrected chi connectivity index (χ0v) is 10.1. The second-order valence-electron chi connectivity index (χ2n) is 3.62. The standard InChI is InChI=1S/C12H20N2O2/c1-4-16-8-11(14-13)10-6-5-9(2)7-12(10)15-3/h5-7,11,14H,4,8,13H2,1-3H3. The van der Waals surface area contributed by atoms with Crippen LogP contribution in [0.1, 0.15) is 24.1 Å². The van der Waals surface area contributed by atoms with Crippen LogP contribution in [0.3, 0.4) is 0 Å². The van der Waals surface area contributed by atoms with Gasteiger partial charge in [-0.15, -0.1) is 0 Å². The highest BCUT2D eigenvalue weighted by atomic mass is 16.5. The molecule has 0 aliphatic heterocycles. The van der Waals surface area contributed by atoms with Gasteiger partial charge in [0.25, 0.3) is 0 Å². The van der Waals surface area contributed by atoms with Crippen molar-refractivity contribution in [3.8, 4) is 5.75 Å². The molecule has 0 aromatic heterocycles. The van der Waals surface area contributed by atoms with Crippen LogP contribution in [0.2, 0.25) is 0 Å². The van der Waals surface area contributed by atoms with Crippen molar-refractivity contribution in [1.29, 1.82) is 0 Å². The number of aryl methyl sites for hydroxylation is 1. The second kappa shape index (κ2) is 6.48. The summed E-state index contributed by atoms with van der Waals surface area (Å²) in [5.74, 6) is 6.36. The van der Waals surface area contributed by atoms with Crippen molar-refractivity contribution < 1.29 is 9.47 Å². The molecule has 0 aliphatic carbocycles. The van der Waals surface area contributed by atoms with Gasteiger partial charge in [-0.2, -0.15) is 0 Å². The van der Waals surface area contributed by atoms with Gasteiger partial charge >= 0.3 is 0 Å². The zero-order chi connectivity index (χ0) is 12.0. The molecule has 0 heterocycles. The number of hydrazine groups is 1. The number of hydrogen-bond acceptors (Lipinski definition) is 4. The first kappa shape index (κ1) is 13.0. The summed E-state index contributed by atoms with van der Waals surface area (Å²) in [4.78, 5) is 0. The average molecular weight is 224 g/mol. The summed E-state index contributed by atoms with van der Waals surface area (Å²) >= 11 is 0. The third kappa shape index (κ3) is 3.20. The molecule has 0 saturated carbocycles. The molecule has 1 atom stereocenters. The summed E-state index contributed by atoms with van der Waals surface area (Å²) in [6, 6.07) is 5.99. The molecule has 0 spiro atoms. The van der Waals surface area contributed by atoms with Gasteiger partial charge in [-0.1, -0.05) is 12.1 Å². The van der Waals surface area contributed by atoms with Gasteiger partial charge in [0.2, 0.25) is 0 Å². The lowest BCUT2D eigenvalue weighted by Crippen LogP contribution is -2.31. The summed E-state index contributed by atoms with van der Waals surface area (Å²) in [7, 11) is 1.66. The Morgan fingerprint density at radius 2 is 2.19 bits per heavy atom. The van der Waals surface area contributed by atoms with E-state index in [1.165, 1.54) is 0 Å². The van der Waals surface area contributed by atoms with Gasteiger partial charge in [0.05, 0.1) is 19.8 Å². The Balaban J connectivity index is 2.90. The molecule has 16 heavy (non-hydrogen) atoms. The molecule has 1 aromatic carbocycles. The van der Waals surface area contributed by atoms with E-state index in [0.717, 1.165) is 16.9 Å². The van der Waals surface area contributed by atoms with Crippen molar-refractivity contribution >= 4 is 0 Å². The Morgan fingerprint density at radius 1 is 1.44 bits per heavy atom. The van der Waals surface area contributed by atoms with Crippen molar-refractivity contribution in [3.05, 3.63) is 29.3 Å². The van der Waals surface area contributed by atoms with Gasteiger partial charge < -0.3 is 9.47 Å². The maximum atomic E-state index is 5.52. The van der Waals surface area contributed by atoms with Crippen LogP contribution in [0.25, 0.3) is 0 Å². The minimum absolute atomic E-state index is 0.0458. The summed E-state index contributed by atoms with van der Waals surface area (Å²) < 4.78 is 10.7. The summed E-state index contributed by atoms with van der Waals surface area (Å²) in [6.45, 7) is 5.19. The largest absolute Gasteiger partial charge is 0.496 e. The van der Waals surface area contributed by atoms with Crippen molar-refractivity contribution in [2.45, 2.75) is 19.9 Å². The van der Waals surface area contributed by atoms with E-state index in [-0.39, 0.29) is 6.04 Å². The Labute approximate surface area is 96.7 Å². The number of benzene rings is 1. The Bertz CT molecular complexity index is 329. The SMILES string of the molecule is CCOCC(NN)c1ccc(C)cc1OC. The molecule has 0 aliphatic rings. The maximum absolute atomic E-state index is 5.52. The fraction of sp³-hybridized carbons (Fsp3) is 0.500. The number of ether oxygens (including phenoxy) is 2. The first-order chi connectivity index (χ1) is 7.72. The molecule has 1 unspecified atom stereocenters. The molecular weight excluding hydrogens is 204 g/mol. The number of nitrogens with two attached hydrogens (primary N) is 1. The minimum Gasteiger partial charge on any atom is -0.496 e. The van der Waals surface area contributed by atoms with Crippen molar-refractivity contribution in [1.82, 2.24) is 5.43 Å². The van der Waals surface area contributed by atoms with Gasteiger partial charge in [-0.05, 0) is 25.5 Å². The molecule has 1 rings (SSSR count). The van der Waals surface area contributed by atoms with Crippen LogP contribution in [0, 0.1) is 6.92 Å². The molecule has 0 radical (unpaired) electrons. The minimum atomic E-state index is -0.0458. The van der Waals surface area contributed by atoms with Gasteiger partial charge in [0.15, 0.2) is 0 Å². The molecule has 4 heteroatoms. The van der Waals surface area contributed by atoms with Crippen LogP contribution >= 0.6 is 0 Å². The van der Waals surface area contributed by atoms with Gasteiger partial charge in [0.1, 0.15) is 5.75 Å². The Morgan fingerprint density at radius 3 is 2.75 bits per heavy atom. The summed E-state index contributed by atoms with van der Waals surface area (Å²) in [6.07, 6.45) is 0. The highest BCUT2D eigenvalue weighted by Crippen LogP contribution is 2.26. The van der Waals surface area contributed by atoms with Gasteiger partial charge in [-0.3, -0.25) is 11.3 Å². The van der Waals surface area contributed by atoms with Gasteiger partial charge in [0, 0.05) is 12.2 Å². The van der Waals surface area contributed by atoms with E-state index in [2.05, 4.69) is 5.43 Å². The van der Waals surface area contributed by atoms with Gasteiger partial charge in [-0.25, -0.2) is 0 Å². The molecule has 0 fully saturated rings.